The molecule has 0 radical (unpaired) electrons. The van der Waals surface area contributed by atoms with Crippen molar-refractivity contribution in [3.8, 4) is 0 Å². The molecule has 3 rings (SSSR count). The SMILES string of the molecule is CCN(C(=O)c1cncc(N(C)CCc2ccncc2)c1)c1ccccc1. The Balaban J connectivity index is 1.73. The van der Waals surface area contributed by atoms with Gasteiger partial charge in [0, 0.05) is 44.4 Å². The molecule has 138 valence electrons. The van der Waals surface area contributed by atoms with Gasteiger partial charge in [-0.25, -0.2) is 0 Å². The van der Waals surface area contributed by atoms with Crippen molar-refractivity contribution in [3.63, 3.8) is 0 Å². The van der Waals surface area contributed by atoms with Gasteiger partial charge >= 0.3 is 0 Å². The van der Waals surface area contributed by atoms with Gasteiger partial charge in [-0.15, -0.1) is 0 Å². The highest BCUT2D eigenvalue weighted by Crippen LogP contribution is 2.19. The summed E-state index contributed by atoms with van der Waals surface area (Å²) in [6, 6.07) is 15.7. The van der Waals surface area contributed by atoms with E-state index in [-0.39, 0.29) is 5.91 Å². The first kappa shape index (κ1) is 18.6. The molecule has 0 aliphatic carbocycles. The fourth-order valence-electron chi connectivity index (χ4n) is 2.94. The molecule has 5 nitrogen and oxygen atoms in total. The maximum atomic E-state index is 13.0. The van der Waals surface area contributed by atoms with Gasteiger partial charge in [-0.05, 0) is 49.2 Å². The van der Waals surface area contributed by atoms with Crippen LogP contribution in [-0.2, 0) is 6.42 Å². The van der Waals surface area contributed by atoms with Crippen LogP contribution in [-0.4, -0.2) is 36.0 Å². The average molecular weight is 360 g/mol. The Bertz CT molecular complexity index is 868. The number of para-hydroxylation sites is 1. The summed E-state index contributed by atoms with van der Waals surface area (Å²) in [5.41, 5.74) is 3.65. The Labute approximate surface area is 160 Å². The lowest BCUT2D eigenvalue weighted by Crippen LogP contribution is -2.31. The van der Waals surface area contributed by atoms with Crippen molar-refractivity contribution in [3.05, 3.63) is 84.4 Å². The van der Waals surface area contributed by atoms with E-state index in [0.717, 1.165) is 24.3 Å². The van der Waals surface area contributed by atoms with E-state index in [4.69, 9.17) is 0 Å². The lowest BCUT2D eigenvalue weighted by Gasteiger charge is -2.23. The van der Waals surface area contributed by atoms with Crippen LogP contribution in [0.2, 0.25) is 0 Å². The van der Waals surface area contributed by atoms with Gasteiger partial charge in [-0.1, -0.05) is 18.2 Å². The predicted molar refractivity (Wildman–Crippen MR) is 109 cm³/mol. The van der Waals surface area contributed by atoms with Gasteiger partial charge in [0.1, 0.15) is 0 Å². The Morgan fingerprint density at radius 3 is 2.41 bits per heavy atom. The number of amides is 1. The van der Waals surface area contributed by atoms with Crippen molar-refractivity contribution in [2.75, 3.05) is 29.9 Å². The van der Waals surface area contributed by atoms with Gasteiger partial charge in [-0.3, -0.25) is 14.8 Å². The molecule has 0 aliphatic rings. The van der Waals surface area contributed by atoms with Crippen LogP contribution in [0.25, 0.3) is 0 Å². The first-order valence-corrected chi connectivity index (χ1v) is 9.11. The molecule has 2 heterocycles. The highest BCUT2D eigenvalue weighted by Gasteiger charge is 2.17. The minimum Gasteiger partial charge on any atom is -0.373 e. The van der Waals surface area contributed by atoms with E-state index in [1.807, 2.05) is 62.5 Å². The summed E-state index contributed by atoms with van der Waals surface area (Å²) in [4.78, 5) is 25.2. The van der Waals surface area contributed by atoms with E-state index >= 15 is 0 Å². The van der Waals surface area contributed by atoms with Gasteiger partial charge in [0.05, 0.1) is 17.4 Å². The zero-order valence-electron chi connectivity index (χ0n) is 15.7. The summed E-state index contributed by atoms with van der Waals surface area (Å²) < 4.78 is 0. The third-order valence-electron chi connectivity index (χ3n) is 4.53. The minimum atomic E-state index is -0.0411. The van der Waals surface area contributed by atoms with E-state index in [1.54, 1.807) is 29.7 Å². The van der Waals surface area contributed by atoms with Gasteiger partial charge in [0.25, 0.3) is 5.91 Å². The van der Waals surface area contributed by atoms with E-state index in [1.165, 1.54) is 5.56 Å². The number of carbonyl (C=O) groups is 1. The van der Waals surface area contributed by atoms with Gasteiger partial charge in [0.15, 0.2) is 0 Å². The lowest BCUT2D eigenvalue weighted by molar-refractivity contribution is 0.0988. The minimum absolute atomic E-state index is 0.0411. The van der Waals surface area contributed by atoms with Crippen molar-refractivity contribution in [2.45, 2.75) is 13.3 Å². The van der Waals surface area contributed by atoms with Crippen molar-refractivity contribution in [1.82, 2.24) is 9.97 Å². The number of hydrogen-bond donors (Lipinski definition) is 0. The number of hydrogen-bond acceptors (Lipinski definition) is 4. The van der Waals surface area contributed by atoms with Crippen LogP contribution in [0.4, 0.5) is 11.4 Å². The molecule has 5 heteroatoms. The zero-order chi connectivity index (χ0) is 19.1. The predicted octanol–water partition coefficient (Wildman–Crippen LogP) is 3.82. The maximum absolute atomic E-state index is 13.0. The van der Waals surface area contributed by atoms with Crippen LogP contribution in [0.1, 0.15) is 22.8 Å². The quantitative estimate of drug-likeness (QED) is 0.643. The van der Waals surface area contributed by atoms with Crippen LogP contribution in [0.5, 0.6) is 0 Å². The number of rotatable bonds is 7. The molecule has 0 unspecified atom stereocenters. The molecule has 0 fully saturated rings. The molecule has 0 N–H and O–H groups in total. The third kappa shape index (κ3) is 4.70. The Hall–Kier alpha value is -3.21. The van der Waals surface area contributed by atoms with Crippen LogP contribution in [0.3, 0.4) is 0 Å². The summed E-state index contributed by atoms with van der Waals surface area (Å²) in [5, 5.41) is 0. The Kier molecular flexibility index (Phi) is 6.15. The third-order valence-corrected chi connectivity index (χ3v) is 4.53. The molecular weight excluding hydrogens is 336 g/mol. The fraction of sp³-hybridized carbons (Fsp3) is 0.227. The molecule has 27 heavy (non-hydrogen) atoms. The largest absolute Gasteiger partial charge is 0.373 e. The summed E-state index contributed by atoms with van der Waals surface area (Å²) >= 11 is 0. The first-order chi connectivity index (χ1) is 13.2. The second-order valence-corrected chi connectivity index (χ2v) is 6.34. The lowest BCUT2D eigenvalue weighted by atomic mass is 10.1. The molecule has 0 aliphatic heterocycles. The molecule has 0 bridgehead atoms. The molecule has 0 atom stereocenters. The number of likely N-dealkylation sites (N-methyl/N-ethyl adjacent to an activating group) is 1. The van der Waals surface area contributed by atoms with Gasteiger partial charge < -0.3 is 9.80 Å². The smallest absolute Gasteiger partial charge is 0.259 e. The normalized spacial score (nSPS) is 10.4. The number of pyridine rings is 2. The monoisotopic (exact) mass is 360 g/mol. The molecule has 1 amide bonds. The Morgan fingerprint density at radius 1 is 0.963 bits per heavy atom. The number of anilines is 2. The number of benzene rings is 1. The highest BCUT2D eigenvalue weighted by atomic mass is 16.2. The van der Waals surface area contributed by atoms with E-state index in [9.17, 15) is 4.79 Å². The maximum Gasteiger partial charge on any atom is 0.259 e. The van der Waals surface area contributed by atoms with Crippen molar-refractivity contribution in [2.24, 2.45) is 0 Å². The summed E-state index contributed by atoms with van der Waals surface area (Å²) in [5.74, 6) is -0.0411. The Morgan fingerprint density at radius 2 is 1.70 bits per heavy atom. The summed E-state index contributed by atoms with van der Waals surface area (Å²) in [6.07, 6.45) is 7.94. The van der Waals surface area contributed by atoms with Crippen LogP contribution in [0.15, 0.2) is 73.3 Å². The molecule has 2 aromatic heterocycles. The van der Waals surface area contributed by atoms with Crippen molar-refractivity contribution >= 4 is 17.3 Å². The molecular formula is C22H24N4O. The standard InChI is InChI=1S/C22H24N4O/c1-3-26(20-7-5-4-6-8-20)22(27)19-15-21(17-24-16-19)25(2)14-11-18-9-12-23-13-10-18/h4-10,12-13,15-17H,3,11,14H2,1-2H3. The molecule has 3 aromatic rings. The molecule has 0 saturated heterocycles. The topological polar surface area (TPSA) is 49.3 Å². The van der Waals surface area contributed by atoms with E-state index in [2.05, 4.69) is 14.9 Å². The van der Waals surface area contributed by atoms with Crippen LogP contribution < -0.4 is 9.80 Å². The molecule has 0 spiro atoms. The van der Waals surface area contributed by atoms with Crippen LogP contribution in [0, 0.1) is 0 Å². The number of carbonyl (C=O) groups excluding carboxylic acids is 1. The van der Waals surface area contributed by atoms with Gasteiger partial charge in [-0.2, -0.15) is 0 Å². The molecule has 0 saturated carbocycles. The van der Waals surface area contributed by atoms with Crippen molar-refractivity contribution < 1.29 is 4.79 Å². The summed E-state index contributed by atoms with van der Waals surface area (Å²) in [7, 11) is 2.02. The second-order valence-electron chi connectivity index (χ2n) is 6.34. The average Bonchev–Trinajstić information content (AvgIpc) is 2.74. The van der Waals surface area contributed by atoms with E-state index in [0.29, 0.717) is 12.1 Å². The zero-order valence-corrected chi connectivity index (χ0v) is 15.7. The first-order valence-electron chi connectivity index (χ1n) is 9.11. The van der Waals surface area contributed by atoms with E-state index < -0.39 is 0 Å². The van der Waals surface area contributed by atoms with Crippen LogP contribution >= 0.6 is 0 Å². The highest BCUT2D eigenvalue weighted by molar-refractivity contribution is 6.06. The molecule has 1 aromatic carbocycles. The fourth-order valence-corrected chi connectivity index (χ4v) is 2.94. The number of nitrogens with zero attached hydrogens (tertiary/aromatic N) is 4. The van der Waals surface area contributed by atoms with Crippen molar-refractivity contribution in [1.29, 1.82) is 0 Å². The summed E-state index contributed by atoms with van der Waals surface area (Å²) in [6.45, 7) is 3.41. The van der Waals surface area contributed by atoms with Gasteiger partial charge in [0.2, 0.25) is 0 Å². The second kappa shape index (κ2) is 8.94. The number of aromatic nitrogens is 2.